The Morgan fingerprint density at radius 1 is 1.00 bits per heavy atom. The molecule has 0 amide bonds. The predicted octanol–water partition coefficient (Wildman–Crippen LogP) is 4.03. The summed E-state index contributed by atoms with van der Waals surface area (Å²) in [4.78, 5) is 4.06. The zero-order chi connectivity index (χ0) is 14.9. The second-order valence-corrected chi connectivity index (χ2v) is 4.94. The number of benzene rings is 1. The molecule has 0 saturated heterocycles. The number of aromatic nitrogens is 1. The van der Waals surface area contributed by atoms with Gasteiger partial charge in [0.25, 0.3) is 0 Å². The van der Waals surface area contributed by atoms with E-state index in [4.69, 9.17) is 45.8 Å². The third-order valence-electron chi connectivity index (χ3n) is 2.61. The average Bonchev–Trinajstić information content (AvgIpc) is 2.42. The molecular formula is C13H5Cl3N4. The molecule has 20 heavy (non-hydrogen) atoms. The van der Waals surface area contributed by atoms with Gasteiger partial charge in [0.15, 0.2) is 0 Å². The lowest BCUT2D eigenvalue weighted by molar-refractivity contribution is 1.28. The molecule has 2 N–H and O–H groups in total. The van der Waals surface area contributed by atoms with Gasteiger partial charge in [0.2, 0.25) is 0 Å². The van der Waals surface area contributed by atoms with Crippen LogP contribution >= 0.6 is 34.8 Å². The number of nitrogens with zero attached hydrogens (tertiary/aromatic N) is 3. The van der Waals surface area contributed by atoms with Crippen molar-refractivity contribution in [2.24, 2.45) is 0 Å². The number of halogens is 3. The van der Waals surface area contributed by atoms with Crippen LogP contribution in [0.15, 0.2) is 18.2 Å². The van der Waals surface area contributed by atoms with Crippen LogP contribution in [0.5, 0.6) is 0 Å². The molecule has 4 nitrogen and oxygen atoms in total. The molecule has 1 heterocycles. The van der Waals surface area contributed by atoms with Crippen LogP contribution in [-0.2, 0) is 0 Å². The van der Waals surface area contributed by atoms with Gasteiger partial charge < -0.3 is 5.73 Å². The highest BCUT2D eigenvalue weighted by atomic mass is 35.5. The first-order valence-electron chi connectivity index (χ1n) is 5.24. The first-order chi connectivity index (χ1) is 9.49. The number of hydrogen-bond donors (Lipinski definition) is 1. The molecular weight excluding hydrogens is 319 g/mol. The molecule has 0 bridgehead atoms. The standard InChI is InChI=1S/C13H5Cl3N4/c14-9-2-1-6(3-10(9)15)12-7(4-17)11(19)8(5-18)13(16)20-12/h1-3H,(H2,19,20). The van der Waals surface area contributed by atoms with Crippen molar-refractivity contribution in [3.8, 4) is 23.4 Å². The van der Waals surface area contributed by atoms with E-state index in [2.05, 4.69) is 4.98 Å². The minimum absolute atomic E-state index is 0.00364. The molecule has 0 unspecified atom stereocenters. The van der Waals surface area contributed by atoms with Gasteiger partial charge in [-0.2, -0.15) is 10.5 Å². The smallest absolute Gasteiger partial charge is 0.149 e. The molecule has 0 aliphatic rings. The largest absolute Gasteiger partial charge is 0.396 e. The third kappa shape index (κ3) is 2.37. The molecule has 0 saturated carbocycles. The molecule has 0 aliphatic carbocycles. The predicted molar refractivity (Wildman–Crippen MR) is 78.5 cm³/mol. The number of rotatable bonds is 1. The summed E-state index contributed by atoms with van der Waals surface area (Å²) in [7, 11) is 0. The molecule has 2 rings (SSSR count). The highest BCUT2D eigenvalue weighted by Crippen LogP contribution is 2.34. The summed E-state index contributed by atoms with van der Waals surface area (Å²) < 4.78 is 0. The molecule has 7 heteroatoms. The van der Waals surface area contributed by atoms with Crippen molar-refractivity contribution in [2.75, 3.05) is 5.73 Å². The molecule has 1 aromatic carbocycles. The lowest BCUT2D eigenvalue weighted by Crippen LogP contribution is -2.01. The third-order valence-corrected chi connectivity index (χ3v) is 3.62. The van der Waals surface area contributed by atoms with Crippen molar-refractivity contribution in [3.05, 3.63) is 44.5 Å². The Balaban J connectivity index is 2.78. The van der Waals surface area contributed by atoms with Crippen LogP contribution in [0.1, 0.15) is 11.1 Å². The lowest BCUT2D eigenvalue weighted by atomic mass is 10.0. The fraction of sp³-hybridized carbons (Fsp3) is 0. The fourth-order valence-electron chi connectivity index (χ4n) is 1.65. The number of nitrogens with two attached hydrogens (primary N) is 1. The summed E-state index contributed by atoms with van der Waals surface area (Å²) in [5.74, 6) is 0. The SMILES string of the molecule is N#Cc1c(Cl)nc(-c2ccc(Cl)c(Cl)c2)c(C#N)c1N. The van der Waals surface area contributed by atoms with Gasteiger partial charge in [0.1, 0.15) is 28.4 Å². The van der Waals surface area contributed by atoms with Gasteiger partial charge in [-0.05, 0) is 12.1 Å². The molecule has 2 aromatic rings. The number of nitriles is 2. The number of nitrogen functional groups attached to an aromatic ring is 1. The highest BCUT2D eigenvalue weighted by Gasteiger charge is 2.18. The summed E-state index contributed by atoms with van der Waals surface area (Å²) in [6.07, 6.45) is 0. The van der Waals surface area contributed by atoms with E-state index in [0.717, 1.165) is 0 Å². The van der Waals surface area contributed by atoms with E-state index in [1.807, 2.05) is 12.1 Å². The van der Waals surface area contributed by atoms with Crippen molar-refractivity contribution in [1.29, 1.82) is 10.5 Å². The number of pyridine rings is 1. The summed E-state index contributed by atoms with van der Waals surface area (Å²) in [6, 6.07) is 8.51. The first kappa shape index (κ1) is 14.4. The van der Waals surface area contributed by atoms with E-state index in [-0.39, 0.29) is 27.7 Å². The van der Waals surface area contributed by atoms with Gasteiger partial charge in [0, 0.05) is 5.56 Å². The van der Waals surface area contributed by atoms with E-state index in [1.165, 1.54) is 0 Å². The minimum atomic E-state index is -0.0647. The molecule has 98 valence electrons. The van der Waals surface area contributed by atoms with Crippen LogP contribution < -0.4 is 5.73 Å². The van der Waals surface area contributed by atoms with Gasteiger partial charge in [-0.25, -0.2) is 4.98 Å². The van der Waals surface area contributed by atoms with Crippen LogP contribution in [0.2, 0.25) is 15.2 Å². The zero-order valence-corrected chi connectivity index (χ0v) is 12.1. The Morgan fingerprint density at radius 3 is 2.20 bits per heavy atom. The van der Waals surface area contributed by atoms with E-state index in [0.29, 0.717) is 15.6 Å². The maximum atomic E-state index is 9.21. The highest BCUT2D eigenvalue weighted by molar-refractivity contribution is 6.42. The molecule has 1 aromatic heterocycles. The summed E-state index contributed by atoms with van der Waals surface area (Å²) in [5, 5.41) is 18.8. The zero-order valence-electron chi connectivity index (χ0n) is 9.78. The quantitative estimate of drug-likeness (QED) is 0.802. The van der Waals surface area contributed by atoms with Crippen molar-refractivity contribution < 1.29 is 0 Å². The van der Waals surface area contributed by atoms with Crippen molar-refractivity contribution in [3.63, 3.8) is 0 Å². The Kier molecular flexibility index (Phi) is 4.01. The van der Waals surface area contributed by atoms with Crippen LogP contribution in [0.4, 0.5) is 5.69 Å². The normalized spacial score (nSPS) is 9.85. The second kappa shape index (κ2) is 5.56. The lowest BCUT2D eigenvalue weighted by Gasteiger charge is -2.09. The van der Waals surface area contributed by atoms with Gasteiger partial charge in [0.05, 0.1) is 21.4 Å². The summed E-state index contributed by atoms with van der Waals surface area (Å²) in [5.41, 5.74) is 6.62. The van der Waals surface area contributed by atoms with E-state index in [9.17, 15) is 5.26 Å². The van der Waals surface area contributed by atoms with E-state index in [1.54, 1.807) is 18.2 Å². The number of hydrogen-bond acceptors (Lipinski definition) is 4. The minimum Gasteiger partial charge on any atom is -0.396 e. The van der Waals surface area contributed by atoms with Crippen LogP contribution in [0, 0.1) is 22.7 Å². The molecule has 0 atom stereocenters. The average molecular weight is 324 g/mol. The van der Waals surface area contributed by atoms with Gasteiger partial charge in [-0.3, -0.25) is 0 Å². The Morgan fingerprint density at radius 2 is 1.65 bits per heavy atom. The monoisotopic (exact) mass is 322 g/mol. The van der Waals surface area contributed by atoms with Gasteiger partial charge in [-0.15, -0.1) is 0 Å². The second-order valence-electron chi connectivity index (χ2n) is 3.77. The van der Waals surface area contributed by atoms with Gasteiger partial charge in [-0.1, -0.05) is 40.9 Å². The van der Waals surface area contributed by atoms with Crippen LogP contribution in [0.25, 0.3) is 11.3 Å². The maximum absolute atomic E-state index is 9.21. The molecule has 0 fully saturated rings. The van der Waals surface area contributed by atoms with E-state index >= 15 is 0 Å². The van der Waals surface area contributed by atoms with E-state index < -0.39 is 0 Å². The van der Waals surface area contributed by atoms with Crippen molar-refractivity contribution in [2.45, 2.75) is 0 Å². The molecule has 0 spiro atoms. The van der Waals surface area contributed by atoms with Gasteiger partial charge >= 0.3 is 0 Å². The Hall–Kier alpha value is -1.98. The van der Waals surface area contributed by atoms with Crippen LogP contribution in [-0.4, -0.2) is 4.98 Å². The van der Waals surface area contributed by atoms with Crippen molar-refractivity contribution >= 4 is 40.5 Å². The van der Waals surface area contributed by atoms with Crippen LogP contribution in [0.3, 0.4) is 0 Å². The molecule has 0 aliphatic heterocycles. The fourth-order valence-corrected chi connectivity index (χ4v) is 2.17. The topological polar surface area (TPSA) is 86.5 Å². The summed E-state index contributed by atoms with van der Waals surface area (Å²) >= 11 is 17.7. The number of anilines is 1. The summed E-state index contributed by atoms with van der Waals surface area (Å²) in [6.45, 7) is 0. The van der Waals surface area contributed by atoms with Crippen molar-refractivity contribution in [1.82, 2.24) is 4.98 Å². The Bertz CT molecular complexity index is 788. The first-order valence-corrected chi connectivity index (χ1v) is 6.37. The Labute approximate surface area is 129 Å². The molecule has 0 radical (unpaired) electrons. The maximum Gasteiger partial charge on any atom is 0.149 e.